The molecule has 1 atom stereocenters. The van der Waals surface area contributed by atoms with Gasteiger partial charge in [-0.2, -0.15) is 0 Å². The predicted octanol–water partition coefficient (Wildman–Crippen LogP) is -0.0722. The molecule has 1 aromatic heterocycles. The van der Waals surface area contributed by atoms with Gasteiger partial charge in [0.1, 0.15) is 23.5 Å². The van der Waals surface area contributed by atoms with Gasteiger partial charge in [-0.3, -0.25) is 9.78 Å². The first-order valence-corrected chi connectivity index (χ1v) is 9.54. The van der Waals surface area contributed by atoms with E-state index in [9.17, 15) is 24.7 Å². The van der Waals surface area contributed by atoms with Crippen LogP contribution in [0.4, 0.5) is 0 Å². The van der Waals surface area contributed by atoms with Gasteiger partial charge in [0.05, 0.1) is 18.8 Å². The molecule has 30 heavy (non-hydrogen) atoms. The van der Waals surface area contributed by atoms with Crippen LogP contribution in [-0.4, -0.2) is 62.9 Å². The third-order valence-corrected chi connectivity index (χ3v) is 5.27. The zero-order chi connectivity index (χ0) is 21.5. The fraction of sp³-hybridized carbons (Fsp3) is 0.316. The van der Waals surface area contributed by atoms with E-state index in [1.807, 2.05) is 0 Å². The lowest BCUT2D eigenvalue weighted by Gasteiger charge is -2.41. The third-order valence-electron chi connectivity index (χ3n) is 5.27. The average molecular weight is 414 g/mol. The maximum absolute atomic E-state index is 12.5. The second-order valence-electron chi connectivity index (χ2n) is 7.49. The van der Waals surface area contributed by atoms with Crippen molar-refractivity contribution in [1.29, 1.82) is 0 Å². The van der Waals surface area contributed by atoms with Crippen molar-refractivity contribution in [3.63, 3.8) is 0 Å². The Morgan fingerprint density at radius 2 is 2.07 bits per heavy atom. The summed E-state index contributed by atoms with van der Waals surface area (Å²) < 4.78 is 10.9. The Hall–Kier alpha value is -3.15. The van der Waals surface area contributed by atoms with E-state index in [0.717, 1.165) is 0 Å². The lowest BCUT2D eigenvalue weighted by Crippen LogP contribution is -2.58. The number of hydrogen-bond donors (Lipinski definition) is 4. The Morgan fingerprint density at radius 3 is 2.73 bits per heavy atom. The van der Waals surface area contributed by atoms with Crippen LogP contribution in [0.15, 0.2) is 36.7 Å². The van der Waals surface area contributed by atoms with E-state index in [4.69, 9.17) is 15.1 Å². The van der Waals surface area contributed by atoms with Gasteiger partial charge >= 0.3 is 12.7 Å². The summed E-state index contributed by atoms with van der Waals surface area (Å²) in [5.74, 6) is -1.63. The van der Waals surface area contributed by atoms with Crippen LogP contribution in [0, 0.1) is 0 Å². The summed E-state index contributed by atoms with van der Waals surface area (Å²) in [4.78, 5) is 29.8. The monoisotopic (exact) mass is 414 g/mol. The lowest BCUT2D eigenvalue weighted by molar-refractivity contribution is -0.141. The fourth-order valence-electron chi connectivity index (χ4n) is 3.60. The normalized spacial score (nSPS) is 18.6. The van der Waals surface area contributed by atoms with Crippen molar-refractivity contribution in [3.05, 3.63) is 53.3 Å². The fourth-order valence-corrected chi connectivity index (χ4v) is 3.60. The Kier molecular flexibility index (Phi) is 5.10. The van der Waals surface area contributed by atoms with E-state index >= 15 is 0 Å². The first-order valence-electron chi connectivity index (χ1n) is 9.54. The molecule has 0 bridgehead atoms. The molecule has 3 heterocycles. The maximum Gasteiger partial charge on any atom is 0.430 e. The van der Waals surface area contributed by atoms with E-state index in [0.29, 0.717) is 11.1 Å². The van der Waals surface area contributed by atoms with Crippen LogP contribution in [0.3, 0.4) is 0 Å². The van der Waals surface area contributed by atoms with Gasteiger partial charge in [0.2, 0.25) is 5.91 Å². The number of carboxylic acids is 1. The number of pyridine rings is 1. The number of rotatable bonds is 5. The molecule has 4 rings (SSSR count). The van der Waals surface area contributed by atoms with Crippen LogP contribution in [0.5, 0.6) is 11.5 Å². The van der Waals surface area contributed by atoms with Gasteiger partial charge in [0.25, 0.3) is 0 Å². The minimum absolute atomic E-state index is 0.0108. The number of nitrogens with zero attached hydrogens (tertiary/aromatic N) is 2. The number of nitrogens with two attached hydrogens (primary N) is 1. The van der Waals surface area contributed by atoms with Crippen molar-refractivity contribution in [2.24, 2.45) is 5.73 Å². The zero-order valence-corrected chi connectivity index (χ0v) is 16.0. The number of benzene rings is 1. The van der Waals surface area contributed by atoms with Crippen molar-refractivity contribution in [2.45, 2.75) is 24.9 Å². The number of aryl methyl sites for hydroxylation is 1. The van der Waals surface area contributed by atoms with Crippen LogP contribution in [0.2, 0.25) is 6.32 Å². The Labute approximate surface area is 171 Å². The Bertz CT molecular complexity index is 980. The molecule has 1 amide bonds. The van der Waals surface area contributed by atoms with Crippen molar-refractivity contribution in [1.82, 2.24) is 9.88 Å². The molecule has 1 saturated heterocycles. The molecule has 0 radical (unpaired) electrons. The highest BCUT2D eigenvalue weighted by Gasteiger charge is 2.37. The molecule has 2 aromatic rings. The molecule has 10 nitrogen and oxygen atoms in total. The highest BCUT2D eigenvalue weighted by Crippen LogP contribution is 2.39. The van der Waals surface area contributed by atoms with E-state index in [2.05, 4.69) is 4.98 Å². The van der Waals surface area contributed by atoms with Gasteiger partial charge in [-0.05, 0) is 29.7 Å². The molecule has 0 aliphatic carbocycles. The number of carbonyl (C=O) groups excluding carboxylic acids is 1. The second-order valence-corrected chi connectivity index (χ2v) is 7.49. The van der Waals surface area contributed by atoms with Crippen LogP contribution >= 0.6 is 0 Å². The molecule has 2 aliphatic heterocycles. The Morgan fingerprint density at radius 1 is 1.30 bits per heavy atom. The quantitative estimate of drug-likeness (QED) is 0.492. The molecule has 0 saturated carbocycles. The number of aromatic carboxylic acids is 1. The van der Waals surface area contributed by atoms with Crippen molar-refractivity contribution in [3.8, 4) is 11.5 Å². The van der Waals surface area contributed by atoms with E-state index in [1.165, 1.54) is 17.2 Å². The molecule has 2 aliphatic rings. The minimum Gasteiger partial charge on any atom is -0.669 e. The highest BCUT2D eigenvalue weighted by molar-refractivity contribution is 6.59. The predicted molar refractivity (Wildman–Crippen MR) is 105 cm³/mol. The summed E-state index contributed by atoms with van der Waals surface area (Å²) in [5, 5.41) is 29.2. The van der Waals surface area contributed by atoms with Crippen LogP contribution in [0.1, 0.15) is 27.5 Å². The topological polar surface area (TPSA) is 155 Å². The summed E-state index contributed by atoms with van der Waals surface area (Å²) in [5.41, 5.74) is 6.90. The number of aromatic nitrogens is 1. The first kappa shape index (κ1) is 20.1. The minimum atomic E-state index is -3.11. The SMILES string of the molecule is NC(C(=O)N1CC(Oc2ccc3c(c2C(=O)O)O[B-](O)(O)CC3)C1)c1cccnc1. The van der Waals surface area contributed by atoms with Crippen LogP contribution in [0.25, 0.3) is 0 Å². The van der Waals surface area contributed by atoms with Crippen molar-refractivity contribution < 1.29 is 34.1 Å². The smallest absolute Gasteiger partial charge is 0.430 e. The average Bonchev–Trinajstić information content (AvgIpc) is 2.68. The standard InChI is InChI=1S/C19H21BN3O7/c21-16(12-2-1-7-22-8-12)18(24)23-9-13(10-23)29-14-4-3-11-5-6-20(27,28)30-17(11)15(14)19(25)26/h1-4,7-8,13,16,27-28H,5-6,9-10,21H2,(H,25,26)/q-1. The van der Waals surface area contributed by atoms with Gasteiger partial charge in [-0.1, -0.05) is 18.5 Å². The molecule has 158 valence electrons. The number of carboxylic acid groups (broad SMARTS) is 1. The molecular formula is C19H21BN3O7-. The van der Waals surface area contributed by atoms with E-state index in [-0.39, 0.29) is 48.8 Å². The molecule has 5 N–H and O–H groups in total. The molecule has 1 unspecified atom stereocenters. The number of hydrogen-bond acceptors (Lipinski definition) is 8. The molecule has 1 aromatic carbocycles. The van der Waals surface area contributed by atoms with Gasteiger partial charge in [-0.15, -0.1) is 0 Å². The van der Waals surface area contributed by atoms with Gasteiger partial charge in [0.15, 0.2) is 0 Å². The summed E-state index contributed by atoms with van der Waals surface area (Å²) in [7, 11) is 0. The van der Waals surface area contributed by atoms with Crippen molar-refractivity contribution in [2.75, 3.05) is 13.1 Å². The molecule has 0 spiro atoms. The zero-order valence-electron chi connectivity index (χ0n) is 16.0. The molecule has 1 fully saturated rings. The van der Waals surface area contributed by atoms with Crippen LogP contribution in [-0.2, 0) is 11.2 Å². The largest absolute Gasteiger partial charge is 0.669 e. The molecular weight excluding hydrogens is 393 g/mol. The third kappa shape index (κ3) is 3.82. The molecule has 11 heteroatoms. The Balaban J connectivity index is 1.45. The van der Waals surface area contributed by atoms with Gasteiger partial charge in [-0.25, -0.2) is 4.79 Å². The maximum atomic E-state index is 12.5. The number of carbonyl (C=O) groups is 2. The first-order chi connectivity index (χ1) is 14.2. The number of amides is 1. The van der Waals surface area contributed by atoms with Gasteiger partial charge in [0, 0.05) is 12.4 Å². The van der Waals surface area contributed by atoms with E-state index < -0.39 is 24.9 Å². The summed E-state index contributed by atoms with van der Waals surface area (Å²) in [6, 6.07) is 5.74. The van der Waals surface area contributed by atoms with Crippen molar-refractivity contribution >= 4 is 18.6 Å². The summed E-state index contributed by atoms with van der Waals surface area (Å²) in [6.07, 6.45) is 2.97. The number of likely N-dealkylation sites (tertiary alicyclic amines) is 1. The van der Waals surface area contributed by atoms with Gasteiger partial charge < -0.3 is 35.2 Å². The second kappa shape index (κ2) is 7.60. The summed E-state index contributed by atoms with van der Waals surface area (Å²) in [6.45, 7) is -2.61. The van der Waals surface area contributed by atoms with E-state index in [1.54, 1.807) is 24.4 Å². The number of ether oxygens (including phenoxy) is 1. The number of fused-ring (bicyclic) bond motifs is 1. The summed E-state index contributed by atoms with van der Waals surface area (Å²) >= 11 is 0. The van der Waals surface area contributed by atoms with Crippen LogP contribution < -0.4 is 15.1 Å². The lowest BCUT2D eigenvalue weighted by atomic mass is 9.70. The highest BCUT2D eigenvalue weighted by atomic mass is 16.6.